The molecule has 1 fully saturated rings. The minimum atomic E-state index is -0.922. The van der Waals surface area contributed by atoms with Crippen molar-refractivity contribution in [3.05, 3.63) is 33.9 Å². The van der Waals surface area contributed by atoms with Gasteiger partial charge in [-0.3, -0.25) is 9.59 Å². The van der Waals surface area contributed by atoms with Crippen molar-refractivity contribution < 1.29 is 14.7 Å². The fourth-order valence-electron chi connectivity index (χ4n) is 3.06. The van der Waals surface area contributed by atoms with Gasteiger partial charge in [0.25, 0.3) is 5.56 Å². The number of nitrogens with zero attached hydrogens (tertiary/aromatic N) is 3. The van der Waals surface area contributed by atoms with Crippen LogP contribution in [0.25, 0.3) is 5.65 Å². The summed E-state index contributed by atoms with van der Waals surface area (Å²) in [5.41, 5.74) is 1.28. The number of ketones is 1. The normalized spacial score (nSPS) is 16.0. The molecule has 1 amide bonds. The van der Waals surface area contributed by atoms with Crippen LogP contribution in [0.1, 0.15) is 48.2 Å². The van der Waals surface area contributed by atoms with Gasteiger partial charge in [-0.15, -0.1) is 0 Å². The van der Waals surface area contributed by atoms with E-state index in [1.807, 2.05) is 0 Å². The van der Waals surface area contributed by atoms with E-state index in [0.717, 1.165) is 5.69 Å². The average Bonchev–Trinajstić information content (AvgIpc) is 2.97. The monoisotopic (exact) mass is 318 g/mol. The van der Waals surface area contributed by atoms with Crippen molar-refractivity contribution >= 4 is 17.5 Å². The summed E-state index contributed by atoms with van der Waals surface area (Å²) in [7, 11) is 0. The number of hydrogen-bond donors (Lipinski definition) is 2. The van der Waals surface area contributed by atoms with Crippen molar-refractivity contribution in [3.63, 3.8) is 0 Å². The summed E-state index contributed by atoms with van der Waals surface area (Å²) in [6.07, 6.45) is 2.15. The molecule has 1 aliphatic heterocycles. The van der Waals surface area contributed by atoms with E-state index in [1.54, 1.807) is 11.4 Å². The summed E-state index contributed by atoms with van der Waals surface area (Å²) in [5.74, 6) is -0.0339. The van der Waals surface area contributed by atoms with E-state index in [0.29, 0.717) is 43.6 Å². The van der Waals surface area contributed by atoms with Crippen LogP contribution in [0.5, 0.6) is 0 Å². The molecule has 0 unspecified atom stereocenters. The molecule has 0 atom stereocenters. The molecular formula is C15H18N4O4. The first-order chi connectivity index (χ1) is 11.0. The number of rotatable bonds is 3. The number of amides is 1. The Morgan fingerprint density at radius 3 is 2.70 bits per heavy atom. The number of carbonyl (C=O) groups is 2. The third-order valence-corrected chi connectivity index (χ3v) is 4.34. The minimum Gasteiger partial charge on any atom is -0.465 e. The predicted octanol–water partition coefficient (Wildman–Crippen LogP) is 1.47. The maximum atomic E-state index is 12.0. The van der Waals surface area contributed by atoms with Gasteiger partial charge < -0.3 is 15.0 Å². The lowest BCUT2D eigenvalue weighted by Gasteiger charge is -2.30. The highest BCUT2D eigenvalue weighted by atomic mass is 16.4. The Bertz CT molecular complexity index is 814. The molecule has 122 valence electrons. The molecule has 2 aromatic heterocycles. The van der Waals surface area contributed by atoms with Crippen LogP contribution in [-0.4, -0.2) is 49.6 Å². The second-order valence-electron chi connectivity index (χ2n) is 5.70. The molecule has 0 aromatic carbocycles. The third-order valence-electron chi connectivity index (χ3n) is 4.34. The number of piperidine rings is 1. The zero-order valence-electron chi connectivity index (χ0n) is 12.8. The predicted molar refractivity (Wildman–Crippen MR) is 82.0 cm³/mol. The smallest absolute Gasteiger partial charge is 0.407 e. The van der Waals surface area contributed by atoms with Gasteiger partial charge in [-0.1, -0.05) is 6.92 Å². The molecule has 0 spiro atoms. The summed E-state index contributed by atoms with van der Waals surface area (Å²) in [5, 5.41) is 13.3. The Labute approximate surface area is 131 Å². The van der Waals surface area contributed by atoms with Crippen LogP contribution < -0.4 is 5.56 Å². The topological polar surface area (TPSA) is 108 Å². The molecule has 0 saturated carbocycles. The van der Waals surface area contributed by atoms with Gasteiger partial charge in [0, 0.05) is 31.5 Å². The van der Waals surface area contributed by atoms with Crippen molar-refractivity contribution in [2.24, 2.45) is 0 Å². The molecular weight excluding hydrogens is 300 g/mol. The molecule has 0 bridgehead atoms. The van der Waals surface area contributed by atoms with Gasteiger partial charge in [0.1, 0.15) is 5.65 Å². The van der Waals surface area contributed by atoms with Crippen LogP contribution in [0.3, 0.4) is 0 Å². The van der Waals surface area contributed by atoms with Gasteiger partial charge in [0.2, 0.25) is 0 Å². The summed E-state index contributed by atoms with van der Waals surface area (Å²) in [6, 6.07) is 1.49. The molecule has 23 heavy (non-hydrogen) atoms. The van der Waals surface area contributed by atoms with E-state index < -0.39 is 6.09 Å². The zero-order valence-corrected chi connectivity index (χ0v) is 12.8. The van der Waals surface area contributed by atoms with Crippen LogP contribution in [-0.2, 0) is 0 Å². The number of fused-ring (bicyclic) bond motifs is 1. The molecule has 8 heteroatoms. The van der Waals surface area contributed by atoms with Gasteiger partial charge in [0.15, 0.2) is 5.78 Å². The van der Waals surface area contributed by atoms with E-state index in [2.05, 4.69) is 10.1 Å². The van der Waals surface area contributed by atoms with Gasteiger partial charge in [-0.05, 0) is 12.8 Å². The first-order valence-corrected chi connectivity index (χ1v) is 7.63. The first kappa shape index (κ1) is 15.3. The van der Waals surface area contributed by atoms with Crippen molar-refractivity contribution in [1.82, 2.24) is 19.5 Å². The Kier molecular flexibility index (Phi) is 3.89. The van der Waals surface area contributed by atoms with Gasteiger partial charge in [0.05, 0.1) is 17.5 Å². The highest BCUT2D eigenvalue weighted by Crippen LogP contribution is 2.27. The van der Waals surface area contributed by atoms with Gasteiger partial charge >= 0.3 is 6.09 Å². The van der Waals surface area contributed by atoms with Crippen LogP contribution in [0.4, 0.5) is 4.79 Å². The number of nitrogens with one attached hydrogen (secondary N) is 1. The van der Waals surface area contributed by atoms with E-state index >= 15 is 0 Å². The lowest BCUT2D eigenvalue weighted by atomic mass is 9.93. The standard InChI is InChI=1S/C15H18N4O4/c1-2-12(20)10-8-16-19-11(7-13(21)17-14(10)19)9-3-5-18(6-4-9)15(22)23/h7-9H,2-6H2,1H3,(H,17,21)(H,22,23). The second kappa shape index (κ2) is 5.86. The molecule has 2 N–H and O–H groups in total. The Balaban J connectivity index is 1.99. The van der Waals surface area contributed by atoms with Crippen LogP contribution in [0.15, 0.2) is 17.1 Å². The molecule has 3 rings (SSSR count). The van der Waals surface area contributed by atoms with Crippen molar-refractivity contribution in [1.29, 1.82) is 0 Å². The molecule has 0 aliphatic carbocycles. The summed E-state index contributed by atoms with van der Waals surface area (Å²) < 4.78 is 1.60. The summed E-state index contributed by atoms with van der Waals surface area (Å²) >= 11 is 0. The molecule has 0 radical (unpaired) electrons. The number of aromatic nitrogens is 3. The molecule has 2 aromatic rings. The van der Waals surface area contributed by atoms with Crippen LogP contribution in [0.2, 0.25) is 0 Å². The Morgan fingerprint density at radius 2 is 2.09 bits per heavy atom. The molecule has 3 heterocycles. The van der Waals surface area contributed by atoms with Crippen LogP contribution >= 0.6 is 0 Å². The summed E-state index contributed by atoms with van der Waals surface area (Å²) in [6.45, 7) is 2.61. The number of H-pyrrole nitrogens is 1. The van der Waals surface area contributed by atoms with E-state index in [9.17, 15) is 14.4 Å². The minimum absolute atomic E-state index is 0.0416. The Morgan fingerprint density at radius 1 is 1.39 bits per heavy atom. The van der Waals surface area contributed by atoms with Crippen molar-refractivity contribution in [2.75, 3.05) is 13.1 Å². The lowest BCUT2D eigenvalue weighted by molar-refractivity contribution is 0.0989. The zero-order chi connectivity index (χ0) is 16.6. The highest BCUT2D eigenvalue weighted by Gasteiger charge is 2.26. The number of likely N-dealkylation sites (tertiary alicyclic amines) is 1. The van der Waals surface area contributed by atoms with Crippen LogP contribution in [0, 0.1) is 0 Å². The molecule has 1 saturated heterocycles. The summed E-state index contributed by atoms with van der Waals surface area (Å²) in [4.78, 5) is 39.0. The van der Waals surface area contributed by atoms with Crippen molar-refractivity contribution in [2.45, 2.75) is 32.1 Å². The average molecular weight is 318 g/mol. The maximum Gasteiger partial charge on any atom is 0.407 e. The maximum absolute atomic E-state index is 12.0. The third kappa shape index (κ3) is 2.71. The van der Waals surface area contributed by atoms with E-state index in [-0.39, 0.29) is 17.3 Å². The van der Waals surface area contributed by atoms with Gasteiger partial charge in [-0.25, -0.2) is 9.31 Å². The highest BCUT2D eigenvalue weighted by molar-refractivity contribution is 6.01. The molecule has 8 nitrogen and oxygen atoms in total. The lowest BCUT2D eigenvalue weighted by Crippen LogP contribution is -2.37. The fraction of sp³-hybridized carbons (Fsp3) is 0.467. The number of Topliss-reactive ketones (excluding diaryl/α,β-unsaturated/α-hetero) is 1. The number of aromatic amines is 1. The number of hydrogen-bond acceptors (Lipinski definition) is 4. The van der Waals surface area contributed by atoms with Crippen molar-refractivity contribution in [3.8, 4) is 0 Å². The second-order valence-corrected chi connectivity index (χ2v) is 5.70. The van der Waals surface area contributed by atoms with E-state index in [4.69, 9.17) is 5.11 Å². The largest absolute Gasteiger partial charge is 0.465 e. The van der Waals surface area contributed by atoms with E-state index in [1.165, 1.54) is 17.2 Å². The Hall–Kier alpha value is -2.64. The first-order valence-electron chi connectivity index (χ1n) is 7.63. The number of carbonyl (C=O) groups excluding carboxylic acids is 1. The van der Waals surface area contributed by atoms with Gasteiger partial charge in [-0.2, -0.15) is 5.10 Å². The quantitative estimate of drug-likeness (QED) is 0.833. The number of carboxylic acid groups (broad SMARTS) is 1. The fourth-order valence-corrected chi connectivity index (χ4v) is 3.06. The molecule has 1 aliphatic rings. The SMILES string of the molecule is CCC(=O)c1cnn2c(C3CCN(C(=O)O)CC3)cc(=O)[nH]c12.